The summed E-state index contributed by atoms with van der Waals surface area (Å²) in [6, 6.07) is 0. The van der Waals surface area contributed by atoms with Crippen molar-refractivity contribution < 1.29 is 28.6 Å². The van der Waals surface area contributed by atoms with Gasteiger partial charge in [-0.1, -0.05) is 207 Å². The molecular weight excluding hydrogens is 757 g/mol. The molecule has 1 atom stereocenters. The van der Waals surface area contributed by atoms with E-state index in [1.165, 1.54) is 44.9 Å². The van der Waals surface area contributed by atoms with Crippen molar-refractivity contribution in [2.24, 2.45) is 0 Å². The van der Waals surface area contributed by atoms with Gasteiger partial charge in [0.1, 0.15) is 13.2 Å². The van der Waals surface area contributed by atoms with Crippen LogP contribution < -0.4 is 0 Å². The van der Waals surface area contributed by atoms with Gasteiger partial charge in [0.2, 0.25) is 0 Å². The van der Waals surface area contributed by atoms with Crippen molar-refractivity contribution in [2.45, 2.75) is 207 Å². The predicted octanol–water partition coefficient (Wildman–Crippen LogP) is 16.0. The molecule has 6 nitrogen and oxygen atoms in total. The third kappa shape index (κ3) is 47.0. The zero-order chi connectivity index (χ0) is 44.4. The number of carbonyl (C=O) groups is 3. The van der Waals surface area contributed by atoms with Crippen LogP contribution in [0.2, 0.25) is 0 Å². The van der Waals surface area contributed by atoms with Gasteiger partial charge in [-0.05, 0) is 83.5 Å². The third-order valence-corrected chi connectivity index (χ3v) is 9.87. The lowest BCUT2D eigenvalue weighted by molar-refractivity contribution is -0.167. The average molecular weight is 845 g/mol. The molecule has 0 aliphatic rings. The molecule has 0 amide bonds. The molecular formula is C55H88O6. The number of esters is 3. The third-order valence-electron chi connectivity index (χ3n) is 9.87. The van der Waals surface area contributed by atoms with Crippen molar-refractivity contribution in [1.29, 1.82) is 0 Å². The zero-order valence-electron chi connectivity index (χ0n) is 39.1. The first kappa shape index (κ1) is 57.1. The first-order valence-electron chi connectivity index (χ1n) is 24.5. The van der Waals surface area contributed by atoms with E-state index in [0.29, 0.717) is 19.3 Å². The highest BCUT2D eigenvalue weighted by atomic mass is 16.6. The fraction of sp³-hybridized carbons (Fsp3) is 0.618. The molecule has 0 aliphatic heterocycles. The average Bonchev–Trinajstić information content (AvgIpc) is 3.26. The molecule has 0 radical (unpaired) electrons. The van der Waals surface area contributed by atoms with E-state index >= 15 is 0 Å². The standard InChI is InChI=1S/C55H88O6/c1-4-7-10-13-16-19-22-24-26-27-28-29-31-33-36-39-42-45-48-54(57)60-51-52(50-59-53(56)47-44-41-38-35-32-21-18-15-12-9-6-3)61-55(58)49-46-43-40-37-34-30-25-23-20-17-14-11-8-5-2/h8,10-11,13,15-22,24,26-29,32,52H,4-7,9,12,14,23,25,30-31,33-51H2,1-3H3/b11-8-,13-10-,18-15-,19-16-,20-17-,24-22-,27-26-,29-28-,32-21-. The molecule has 0 aromatic rings. The van der Waals surface area contributed by atoms with Crippen molar-refractivity contribution in [3.05, 3.63) is 109 Å². The number of allylic oxidation sites excluding steroid dienone is 18. The maximum atomic E-state index is 12.8. The highest BCUT2D eigenvalue weighted by Gasteiger charge is 2.19. The number of hydrogen-bond donors (Lipinski definition) is 0. The summed E-state index contributed by atoms with van der Waals surface area (Å²) in [5, 5.41) is 0. The molecule has 0 saturated carbocycles. The van der Waals surface area contributed by atoms with E-state index in [4.69, 9.17) is 14.2 Å². The van der Waals surface area contributed by atoms with Gasteiger partial charge in [0.15, 0.2) is 6.10 Å². The normalized spacial score (nSPS) is 13.0. The van der Waals surface area contributed by atoms with E-state index in [2.05, 4.69) is 93.7 Å². The molecule has 1 unspecified atom stereocenters. The second kappa shape index (κ2) is 48.7. The van der Waals surface area contributed by atoms with E-state index in [9.17, 15) is 14.4 Å². The van der Waals surface area contributed by atoms with Crippen molar-refractivity contribution in [3.63, 3.8) is 0 Å². The molecule has 344 valence electrons. The van der Waals surface area contributed by atoms with Gasteiger partial charge in [0.05, 0.1) is 0 Å². The topological polar surface area (TPSA) is 78.9 Å². The minimum Gasteiger partial charge on any atom is -0.462 e. The molecule has 0 spiro atoms. The maximum absolute atomic E-state index is 12.8. The van der Waals surface area contributed by atoms with Crippen molar-refractivity contribution in [3.8, 4) is 0 Å². The van der Waals surface area contributed by atoms with Crippen LogP contribution in [0.4, 0.5) is 0 Å². The fourth-order valence-corrected chi connectivity index (χ4v) is 6.19. The van der Waals surface area contributed by atoms with Crippen LogP contribution in [0.15, 0.2) is 109 Å². The van der Waals surface area contributed by atoms with Crippen LogP contribution in [0.3, 0.4) is 0 Å². The Labute approximate surface area is 374 Å². The minimum absolute atomic E-state index is 0.106. The highest BCUT2D eigenvalue weighted by Crippen LogP contribution is 2.13. The summed E-state index contributed by atoms with van der Waals surface area (Å²) >= 11 is 0. The lowest BCUT2D eigenvalue weighted by Gasteiger charge is -2.18. The molecule has 0 rings (SSSR count). The predicted molar refractivity (Wildman–Crippen MR) is 260 cm³/mol. The monoisotopic (exact) mass is 845 g/mol. The van der Waals surface area contributed by atoms with Gasteiger partial charge >= 0.3 is 17.9 Å². The summed E-state index contributed by atoms with van der Waals surface area (Å²) in [4.78, 5) is 37.9. The first-order chi connectivity index (χ1) is 30.0. The summed E-state index contributed by atoms with van der Waals surface area (Å²) in [5.74, 6) is -0.974. The number of rotatable bonds is 42. The Morgan fingerprint density at radius 2 is 0.738 bits per heavy atom. The Kier molecular flexibility index (Phi) is 45.6. The molecule has 0 heterocycles. The number of ether oxygens (including phenoxy) is 3. The second-order valence-electron chi connectivity index (χ2n) is 15.8. The van der Waals surface area contributed by atoms with Crippen LogP contribution in [0, 0.1) is 0 Å². The zero-order valence-corrected chi connectivity index (χ0v) is 39.1. The Hall–Kier alpha value is -3.93. The Morgan fingerprint density at radius 1 is 0.361 bits per heavy atom. The van der Waals surface area contributed by atoms with Crippen LogP contribution in [-0.2, 0) is 28.6 Å². The molecule has 0 aromatic heterocycles. The summed E-state index contributed by atoms with van der Waals surface area (Å²) in [5.41, 5.74) is 0. The molecule has 0 N–H and O–H groups in total. The number of hydrogen-bond acceptors (Lipinski definition) is 6. The largest absolute Gasteiger partial charge is 0.462 e. The fourth-order valence-electron chi connectivity index (χ4n) is 6.19. The van der Waals surface area contributed by atoms with Gasteiger partial charge in [0.25, 0.3) is 0 Å². The van der Waals surface area contributed by atoms with Crippen LogP contribution in [0.1, 0.15) is 201 Å². The van der Waals surface area contributed by atoms with E-state index in [1.807, 2.05) is 36.5 Å². The van der Waals surface area contributed by atoms with Gasteiger partial charge in [0, 0.05) is 19.3 Å². The summed E-state index contributed by atoms with van der Waals surface area (Å²) in [7, 11) is 0. The highest BCUT2D eigenvalue weighted by molar-refractivity contribution is 5.71. The molecule has 0 saturated heterocycles. The lowest BCUT2D eigenvalue weighted by Crippen LogP contribution is -2.30. The van der Waals surface area contributed by atoms with Gasteiger partial charge < -0.3 is 14.2 Å². The molecule has 0 fully saturated rings. The van der Waals surface area contributed by atoms with Crippen molar-refractivity contribution >= 4 is 17.9 Å². The summed E-state index contributed by atoms with van der Waals surface area (Å²) in [6.07, 6.45) is 64.9. The minimum atomic E-state index is -0.805. The van der Waals surface area contributed by atoms with Crippen LogP contribution >= 0.6 is 0 Å². The quantitative estimate of drug-likeness (QED) is 0.0200. The number of unbranched alkanes of at least 4 members (excludes halogenated alkanes) is 18. The summed E-state index contributed by atoms with van der Waals surface area (Å²) in [6.45, 7) is 6.31. The van der Waals surface area contributed by atoms with Gasteiger partial charge in [-0.15, -0.1) is 0 Å². The molecule has 0 bridgehead atoms. The Bertz CT molecular complexity index is 1290. The van der Waals surface area contributed by atoms with E-state index in [-0.39, 0.29) is 31.1 Å². The molecule has 0 aliphatic carbocycles. The van der Waals surface area contributed by atoms with E-state index in [0.717, 1.165) is 116 Å². The van der Waals surface area contributed by atoms with Crippen molar-refractivity contribution in [1.82, 2.24) is 0 Å². The smallest absolute Gasteiger partial charge is 0.306 e. The van der Waals surface area contributed by atoms with Gasteiger partial charge in [-0.2, -0.15) is 0 Å². The SMILES string of the molecule is CC/C=C\C/C=C\CCCCCCCCCC(=O)OC(COC(=O)CCCCC/C=C\C=C/CCCC)COC(=O)CCCCCCC\C=C/C=C\C=C/C=C\C=C/CCC. The number of carbonyl (C=O) groups excluding carboxylic acids is 3. The van der Waals surface area contributed by atoms with Crippen LogP contribution in [0.5, 0.6) is 0 Å². The van der Waals surface area contributed by atoms with E-state index in [1.54, 1.807) is 0 Å². The Balaban J connectivity index is 4.48. The summed E-state index contributed by atoms with van der Waals surface area (Å²) < 4.78 is 16.7. The maximum Gasteiger partial charge on any atom is 0.306 e. The van der Waals surface area contributed by atoms with Gasteiger partial charge in [-0.3, -0.25) is 14.4 Å². The Morgan fingerprint density at radius 3 is 1.23 bits per heavy atom. The second-order valence-corrected chi connectivity index (χ2v) is 15.8. The van der Waals surface area contributed by atoms with Gasteiger partial charge in [-0.25, -0.2) is 0 Å². The van der Waals surface area contributed by atoms with Crippen LogP contribution in [0.25, 0.3) is 0 Å². The molecule has 6 heteroatoms. The molecule has 61 heavy (non-hydrogen) atoms. The van der Waals surface area contributed by atoms with Crippen LogP contribution in [-0.4, -0.2) is 37.2 Å². The van der Waals surface area contributed by atoms with Crippen molar-refractivity contribution in [2.75, 3.05) is 13.2 Å². The molecule has 0 aromatic carbocycles. The lowest BCUT2D eigenvalue weighted by atomic mass is 10.1. The first-order valence-corrected chi connectivity index (χ1v) is 24.5. The van der Waals surface area contributed by atoms with E-state index < -0.39 is 6.10 Å².